The number of fused-ring (bicyclic) bond motifs is 1. The van der Waals surface area contributed by atoms with Crippen LogP contribution in [0.1, 0.15) is 19.4 Å². The van der Waals surface area contributed by atoms with Gasteiger partial charge in [0.1, 0.15) is 0 Å². The van der Waals surface area contributed by atoms with Crippen molar-refractivity contribution >= 4 is 10.8 Å². The van der Waals surface area contributed by atoms with Gasteiger partial charge in [0.2, 0.25) is 0 Å². The summed E-state index contributed by atoms with van der Waals surface area (Å²) < 4.78 is 0. The van der Waals surface area contributed by atoms with Crippen LogP contribution in [0.15, 0.2) is 85.1 Å². The van der Waals surface area contributed by atoms with Crippen molar-refractivity contribution in [3.63, 3.8) is 0 Å². The topological polar surface area (TPSA) is 12.9 Å². The quantitative estimate of drug-likeness (QED) is 0.400. The van der Waals surface area contributed by atoms with Crippen molar-refractivity contribution in [3.05, 3.63) is 90.6 Å². The molecule has 0 aliphatic heterocycles. The van der Waals surface area contributed by atoms with Crippen LogP contribution in [0.3, 0.4) is 0 Å². The van der Waals surface area contributed by atoms with E-state index >= 15 is 0 Å². The van der Waals surface area contributed by atoms with E-state index in [4.69, 9.17) is 0 Å². The van der Waals surface area contributed by atoms with Crippen LogP contribution in [-0.4, -0.2) is 4.98 Å². The van der Waals surface area contributed by atoms with Gasteiger partial charge in [-0.05, 0) is 46.5 Å². The number of benzene rings is 3. The molecule has 1 heteroatoms. The number of hydrogen-bond donors (Lipinski definition) is 0. The first-order valence-corrected chi connectivity index (χ1v) is 9.23. The zero-order chi connectivity index (χ0) is 17.9. The minimum absolute atomic E-state index is 0.683. The van der Waals surface area contributed by atoms with Crippen LogP contribution in [0.4, 0.5) is 0 Å². The Morgan fingerprint density at radius 2 is 1.42 bits per heavy atom. The molecule has 1 aromatic heterocycles. The molecule has 0 radical (unpaired) electrons. The fourth-order valence-corrected chi connectivity index (χ4v) is 3.40. The summed E-state index contributed by atoms with van der Waals surface area (Å²) in [5, 5.41) is 2.40. The monoisotopic (exact) mass is 337 g/mol. The van der Waals surface area contributed by atoms with E-state index in [0.29, 0.717) is 5.92 Å². The van der Waals surface area contributed by atoms with Gasteiger partial charge in [-0.1, -0.05) is 80.6 Å². The molecule has 1 heterocycles. The molecule has 0 N–H and O–H groups in total. The average Bonchev–Trinajstić information content (AvgIpc) is 2.68. The third-order valence-electron chi connectivity index (χ3n) is 4.72. The SMILES string of the molecule is CC(C)Cc1ccc(-c2cccc(-c3cc4ccccc4cn3)c2)cc1. The molecule has 26 heavy (non-hydrogen) atoms. The largest absolute Gasteiger partial charge is 0.256 e. The van der Waals surface area contributed by atoms with Crippen LogP contribution in [0, 0.1) is 5.92 Å². The van der Waals surface area contributed by atoms with Crippen molar-refractivity contribution in [1.29, 1.82) is 0 Å². The van der Waals surface area contributed by atoms with Gasteiger partial charge in [-0.2, -0.15) is 0 Å². The van der Waals surface area contributed by atoms with E-state index in [1.54, 1.807) is 0 Å². The second-order valence-corrected chi connectivity index (χ2v) is 7.29. The normalized spacial score (nSPS) is 11.2. The second-order valence-electron chi connectivity index (χ2n) is 7.29. The van der Waals surface area contributed by atoms with Crippen LogP contribution in [0.2, 0.25) is 0 Å². The predicted molar refractivity (Wildman–Crippen MR) is 111 cm³/mol. The lowest BCUT2D eigenvalue weighted by Crippen LogP contribution is -1.93. The van der Waals surface area contributed by atoms with Gasteiger partial charge in [0.05, 0.1) is 5.69 Å². The van der Waals surface area contributed by atoms with Crippen LogP contribution >= 0.6 is 0 Å². The highest BCUT2D eigenvalue weighted by molar-refractivity contribution is 5.85. The third-order valence-corrected chi connectivity index (χ3v) is 4.72. The Morgan fingerprint density at radius 3 is 2.19 bits per heavy atom. The minimum Gasteiger partial charge on any atom is -0.256 e. The van der Waals surface area contributed by atoms with Gasteiger partial charge in [0.25, 0.3) is 0 Å². The van der Waals surface area contributed by atoms with Gasteiger partial charge >= 0.3 is 0 Å². The highest BCUT2D eigenvalue weighted by Gasteiger charge is 2.05. The first kappa shape index (κ1) is 16.5. The molecule has 0 atom stereocenters. The number of aromatic nitrogens is 1. The molecule has 0 spiro atoms. The molecule has 0 aliphatic carbocycles. The number of rotatable bonds is 4. The van der Waals surface area contributed by atoms with Crippen LogP contribution in [0.25, 0.3) is 33.2 Å². The van der Waals surface area contributed by atoms with Gasteiger partial charge in [-0.25, -0.2) is 0 Å². The predicted octanol–water partition coefficient (Wildman–Crippen LogP) is 6.77. The Balaban J connectivity index is 1.67. The molecule has 1 nitrogen and oxygen atoms in total. The molecular formula is C25H23N. The summed E-state index contributed by atoms with van der Waals surface area (Å²) in [4.78, 5) is 4.66. The Kier molecular flexibility index (Phi) is 4.53. The first-order valence-electron chi connectivity index (χ1n) is 9.23. The zero-order valence-electron chi connectivity index (χ0n) is 15.3. The van der Waals surface area contributed by atoms with Crippen molar-refractivity contribution in [2.45, 2.75) is 20.3 Å². The number of nitrogens with zero attached hydrogens (tertiary/aromatic N) is 1. The summed E-state index contributed by atoms with van der Waals surface area (Å²) in [6.07, 6.45) is 3.08. The standard InChI is InChI=1S/C25H23N/c1-18(2)14-19-10-12-20(13-11-19)21-8-5-9-23(15-21)25-16-22-6-3-4-7-24(22)17-26-25/h3-13,15-18H,14H2,1-2H3. The number of hydrogen-bond acceptors (Lipinski definition) is 1. The Labute approximate surface area is 155 Å². The maximum absolute atomic E-state index is 4.66. The lowest BCUT2D eigenvalue weighted by atomic mass is 9.97. The Morgan fingerprint density at radius 1 is 0.692 bits per heavy atom. The van der Waals surface area contributed by atoms with E-state index in [2.05, 4.69) is 91.6 Å². The van der Waals surface area contributed by atoms with Crippen molar-refractivity contribution in [3.8, 4) is 22.4 Å². The molecule has 0 aliphatic rings. The Hall–Kier alpha value is -2.93. The lowest BCUT2D eigenvalue weighted by molar-refractivity contribution is 0.647. The van der Waals surface area contributed by atoms with Gasteiger partial charge < -0.3 is 0 Å². The van der Waals surface area contributed by atoms with Crippen LogP contribution in [-0.2, 0) is 6.42 Å². The third kappa shape index (κ3) is 3.52. The van der Waals surface area contributed by atoms with Gasteiger partial charge in [-0.3, -0.25) is 4.98 Å². The molecule has 0 bridgehead atoms. The molecule has 0 fully saturated rings. The maximum atomic E-state index is 4.66. The fourth-order valence-electron chi connectivity index (χ4n) is 3.40. The highest BCUT2D eigenvalue weighted by Crippen LogP contribution is 2.27. The van der Waals surface area contributed by atoms with E-state index < -0.39 is 0 Å². The van der Waals surface area contributed by atoms with E-state index in [1.165, 1.54) is 27.5 Å². The van der Waals surface area contributed by atoms with E-state index in [9.17, 15) is 0 Å². The van der Waals surface area contributed by atoms with Crippen molar-refractivity contribution in [2.24, 2.45) is 5.92 Å². The van der Waals surface area contributed by atoms with E-state index in [-0.39, 0.29) is 0 Å². The molecule has 128 valence electrons. The highest BCUT2D eigenvalue weighted by atomic mass is 14.7. The van der Waals surface area contributed by atoms with Crippen molar-refractivity contribution in [1.82, 2.24) is 4.98 Å². The maximum Gasteiger partial charge on any atom is 0.0708 e. The lowest BCUT2D eigenvalue weighted by Gasteiger charge is -2.09. The summed E-state index contributed by atoms with van der Waals surface area (Å²) in [6.45, 7) is 4.52. The van der Waals surface area contributed by atoms with Gasteiger partial charge in [-0.15, -0.1) is 0 Å². The molecule has 0 amide bonds. The summed E-state index contributed by atoms with van der Waals surface area (Å²) in [5.41, 5.74) is 6.05. The van der Waals surface area contributed by atoms with Crippen molar-refractivity contribution in [2.75, 3.05) is 0 Å². The molecule has 4 aromatic rings. The van der Waals surface area contributed by atoms with E-state index in [0.717, 1.165) is 17.7 Å². The molecule has 0 saturated heterocycles. The zero-order valence-corrected chi connectivity index (χ0v) is 15.3. The minimum atomic E-state index is 0.683. The van der Waals surface area contributed by atoms with Gasteiger partial charge in [0, 0.05) is 17.1 Å². The van der Waals surface area contributed by atoms with Crippen LogP contribution < -0.4 is 0 Å². The van der Waals surface area contributed by atoms with Gasteiger partial charge in [0.15, 0.2) is 0 Å². The average molecular weight is 337 g/mol. The van der Waals surface area contributed by atoms with Crippen LogP contribution in [0.5, 0.6) is 0 Å². The fraction of sp³-hybridized carbons (Fsp3) is 0.160. The summed E-state index contributed by atoms with van der Waals surface area (Å²) in [7, 11) is 0. The smallest absolute Gasteiger partial charge is 0.0708 e. The Bertz CT molecular complexity index is 1030. The number of pyridine rings is 1. The molecule has 0 saturated carbocycles. The molecule has 0 unspecified atom stereocenters. The van der Waals surface area contributed by atoms with Crippen molar-refractivity contribution < 1.29 is 0 Å². The molecule has 3 aromatic carbocycles. The summed E-state index contributed by atoms with van der Waals surface area (Å²) >= 11 is 0. The van der Waals surface area contributed by atoms with E-state index in [1.807, 2.05) is 12.3 Å². The molecule has 4 rings (SSSR count). The first-order chi connectivity index (χ1) is 12.7. The summed E-state index contributed by atoms with van der Waals surface area (Å²) in [5.74, 6) is 0.683. The molecular weight excluding hydrogens is 314 g/mol. The second kappa shape index (κ2) is 7.13. The summed E-state index contributed by atoms with van der Waals surface area (Å²) in [6, 6.07) is 28.1.